The molecule has 2 rings (SSSR count). The number of hydrogen-bond donors (Lipinski definition) is 2. The summed E-state index contributed by atoms with van der Waals surface area (Å²) in [5.74, 6) is 0.137. The van der Waals surface area contributed by atoms with Crippen LogP contribution >= 0.6 is 0 Å². The van der Waals surface area contributed by atoms with Gasteiger partial charge in [0, 0.05) is 12.6 Å². The number of carboxylic acids is 1. The average Bonchev–Trinajstić information content (AvgIpc) is 2.96. The van der Waals surface area contributed by atoms with Gasteiger partial charge in [-0.2, -0.15) is 0 Å². The Morgan fingerprint density at radius 2 is 2.00 bits per heavy atom. The van der Waals surface area contributed by atoms with Crippen LogP contribution in [0.25, 0.3) is 0 Å². The second-order valence-electron chi connectivity index (χ2n) is 5.65. The lowest BCUT2D eigenvalue weighted by atomic mass is 9.80. The van der Waals surface area contributed by atoms with Crippen molar-refractivity contribution in [3.05, 3.63) is 0 Å². The number of nitrogens with one attached hydrogen (secondary N) is 1. The van der Waals surface area contributed by atoms with Crippen LogP contribution in [0.4, 0.5) is 4.79 Å². The molecule has 1 unspecified atom stereocenters. The minimum atomic E-state index is -0.943. The van der Waals surface area contributed by atoms with E-state index in [2.05, 4.69) is 5.32 Å². The number of carboxylic acid groups (broad SMARTS) is 1. The van der Waals surface area contributed by atoms with Gasteiger partial charge in [0.2, 0.25) is 0 Å². The zero-order valence-corrected chi connectivity index (χ0v) is 10.9. The Kier molecular flexibility index (Phi) is 4.09. The zero-order chi connectivity index (χ0) is 13.1. The first kappa shape index (κ1) is 13.2. The molecule has 1 atom stereocenters. The highest BCUT2D eigenvalue weighted by atomic mass is 16.4. The molecule has 0 saturated heterocycles. The Morgan fingerprint density at radius 1 is 1.33 bits per heavy atom. The van der Waals surface area contributed by atoms with Gasteiger partial charge in [0.1, 0.15) is 6.54 Å². The maximum Gasteiger partial charge on any atom is 0.323 e. The monoisotopic (exact) mass is 254 g/mol. The molecular weight excluding hydrogens is 232 g/mol. The predicted molar refractivity (Wildman–Crippen MR) is 67.3 cm³/mol. The van der Waals surface area contributed by atoms with Crippen molar-refractivity contribution in [1.82, 2.24) is 10.2 Å². The molecule has 0 aromatic heterocycles. The molecule has 0 spiro atoms. The van der Waals surface area contributed by atoms with Crippen LogP contribution in [0.15, 0.2) is 0 Å². The summed E-state index contributed by atoms with van der Waals surface area (Å²) in [5, 5.41) is 11.8. The normalized spacial score (nSPS) is 20.9. The third kappa shape index (κ3) is 3.62. The molecule has 2 fully saturated rings. The van der Waals surface area contributed by atoms with Crippen molar-refractivity contribution in [1.29, 1.82) is 0 Å². The number of nitrogens with zero attached hydrogens (tertiary/aromatic N) is 1. The van der Waals surface area contributed by atoms with Crippen LogP contribution < -0.4 is 5.32 Å². The molecule has 0 bridgehead atoms. The SMILES string of the molecule is CC(NC(=O)N(CC(=O)O)CC1CC1)C1CCC1. The topological polar surface area (TPSA) is 69.6 Å². The third-order valence-electron chi connectivity index (χ3n) is 4.00. The maximum atomic E-state index is 12.0. The molecular formula is C13H22N2O3. The van der Waals surface area contributed by atoms with Gasteiger partial charge < -0.3 is 15.3 Å². The van der Waals surface area contributed by atoms with Crippen molar-refractivity contribution >= 4 is 12.0 Å². The van der Waals surface area contributed by atoms with Crippen molar-refractivity contribution < 1.29 is 14.7 Å². The van der Waals surface area contributed by atoms with E-state index in [1.165, 1.54) is 24.2 Å². The van der Waals surface area contributed by atoms with Gasteiger partial charge in [-0.3, -0.25) is 4.79 Å². The van der Waals surface area contributed by atoms with Crippen molar-refractivity contribution in [3.63, 3.8) is 0 Å². The van der Waals surface area contributed by atoms with Crippen LogP contribution in [-0.2, 0) is 4.79 Å². The van der Waals surface area contributed by atoms with Gasteiger partial charge in [-0.1, -0.05) is 6.42 Å². The lowest BCUT2D eigenvalue weighted by Crippen LogP contribution is -2.49. The van der Waals surface area contributed by atoms with Crippen molar-refractivity contribution in [2.45, 2.75) is 45.1 Å². The molecule has 2 aliphatic carbocycles. The van der Waals surface area contributed by atoms with Gasteiger partial charge >= 0.3 is 12.0 Å². The van der Waals surface area contributed by atoms with E-state index < -0.39 is 5.97 Å². The Balaban J connectivity index is 1.82. The molecule has 2 amide bonds. The molecule has 0 radical (unpaired) electrons. The smallest absolute Gasteiger partial charge is 0.323 e. The lowest BCUT2D eigenvalue weighted by Gasteiger charge is -2.33. The summed E-state index contributed by atoms with van der Waals surface area (Å²) in [4.78, 5) is 24.3. The van der Waals surface area contributed by atoms with Gasteiger partial charge in [-0.25, -0.2) is 4.79 Å². The molecule has 0 aromatic carbocycles. The molecule has 2 aliphatic rings. The lowest BCUT2D eigenvalue weighted by molar-refractivity contribution is -0.137. The van der Waals surface area contributed by atoms with E-state index in [-0.39, 0.29) is 18.6 Å². The number of rotatable bonds is 6. The Hall–Kier alpha value is -1.26. The Labute approximate surface area is 108 Å². The molecule has 0 aliphatic heterocycles. The van der Waals surface area contributed by atoms with E-state index in [1.807, 2.05) is 6.92 Å². The van der Waals surface area contributed by atoms with Crippen molar-refractivity contribution in [3.8, 4) is 0 Å². The predicted octanol–water partition coefficient (Wildman–Crippen LogP) is 1.68. The van der Waals surface area contributed by atoms with Crippen molar-refractivity contribution in [2.75, 3.05) is 13.1 Å². The first-order valence-corrected chi connectivity index (χ1v) is 6.83. The molecule has 5 nitrogen and oxygen atoms in total. The second kappa shape index (κ2) is 5.59. The number of carbonyl (C=O) groups excluding carboxylic acids is 1. The van der Waals surface area contributed by atoms with Gasteiger partial charge in [0.15, 0.2) is 0 Å². The van der Waals surface area contributed by atoms with E-state index in [1.54, 1.807) is 0 Å². The fourth-order valence-corrected chi connectivity index (χ4v) is 2.34. The maximum absolute atomic E-state index is 12.0. The number of carbonyl (C=O) groups is 2. The van der Waals surface area contributed by atoms with Gasteiger partial charge in [0.05, 0.1) is 0 Å². The molecule has 0 aromatic rings. The van der Waals surface area contributed by atoms with E-state index in [4.69, 9.17) is 5.11 Å². The molecule has 18 heavy (non-hydrogen) atoms. The van der Waals surface area contributed by atoms with Gasteiger partial charge in [-0.15, -0.1) is 0 Å². The van der Waals surface area contributed by atoms with E-state index >= 15 is 0 Å². The minimum Gasteiger partial charge on any atom is -0.480 e. The highest BCUT2D eigenvalue weighted by molar-refractivity contribution is 5.80. The summed E-state index contributed by atoms with van der Waals surface area (Å²) < 4.78 is 0. The first-order valence-electron chi connectivity index (χ1n) is 6.83. The first-order chi connectivity index (χ1) is 8.56. The quantitative estimate of drug-likeness (QED) is 0.757. The second-order valence-corrected chi connectivity index (χ2v) is 5.65. The highest BCUT2D eigenvalue weighted by Crippen LogP contribution is 2.31. The highest BCUT2D eigenvalue weighted by Gasteiger charge is 2.30. The van der Waals surface area contributed by atoms with Crippen LogP contribution in [0.5, 0.6) is 0 Å². The fourth-order valence-electron chi connectivity index (χ4n) is 2.34. The van der Waals surface area contributed by atoms with Crippen LogP contribution in [0, 0.1) is 11.8 Å². The number of aliphatic carboxylic acids is 1. The zero-order valence-electron chi connectivity index (χ0n) is 10.9. The van der Waals surface area contributed by atoms with Gasteiger partial charge in [-0.05, 0) is 44.4 Å². The summed E-state index contributed by atoms with van der Waals surface area (Å²) >= 11 is 0. The molecule has 102 valence electrons. The fraction of sp³-hybridized carbons (Fsp3) is 0.846. The summed E-state index contributed by atoms with van der Waals surface area (Å²) in [5.41, 5.74) is 0. The Morgan fingerprint density at radius 3 is 2.44 bits per heavy atom. The molecule has 2 saturated carbocycles. The molecule has 0 heterocycles. The van der Waals surface area contributed by atoms with Crippen LogP contribution in [-0.4, -0.2) is 41.1 Å². The van der Waals surface area contributed by atoms with Gasteiger partial charge in [0.25, 0.3) is 0 Å². The summed E-state index contributed by atoms with van der Waals surface area (Å²) in [6.45, 7) is 2.40. The number of hydrogen-bond acceptors (Lipinski definition) is 2. The molecule has 5 heteroatoms. The summed E-state index contributed by atoms with van der Waals surface area (Å²) in [6.07, 6.45) is 5.81. The summed E-state index contributed by atoms with van der Waals surface area (Å²) in [6, 6.07) is -0.0644. The largest absolute Gasteiger partial charge is 0.480 e. The van der Waals surface area contributed by atoms with Crippen LogP contribution in [0.3, 0.4) is 0 Å². The molecule has 2 N–H and O–H groups in total. The number of urea groups is 1. The average molecular weight is 254 g/mol. The van der Waals surface area contributed by atoms with E-state index in [9.17, 15) is 9.59 Å². The van der Waals surface area contributed by atoms with E-state index in [0.717, 1.165) is 12.8 Å². The summed E-state index contributed by atoms with van der Waals surface area (Å²) in [7, 11) is 0. The van der Waals surface area contributed by atoms with E-state index in [0.29, 0.717) is 18.4 Å². The standard InChI is InChI=1S/C13H22N2O3/c1-9(11-3-2-4-11)14-13(18)15(8-12(16)17)7-10-5-6-10/h9-11H,2-8H2,1H3,(H,14,18)(H,16,17). The van der Waals surface area contributed by atoms with Crippen LogP contribution in [0.1, 0.15) is 39.0 Å². The van der Waals surface area contributed by atoms with Crippen LogP contribution in [0.2, 0.25) is 0 Å². The number of amides is 2. The van der Waals surface area contributed by atoms with Crippen molar-refractivity contribution in [2.24, 2.45) is 11.8 Å². The Bertz CT molecular complexity index is 324. The minimum absolute atomic E-state index is 0.154. The third-order valence-corrected chi connectivity index (χ3v) is 4.00.